The van der Waals surface area contributed by atoms with Crippen LogP contribution in [0, 0.1) is 0 Å². The van der Waals surface area contributed by atoms with E-state index < -0.39 is 12.2 Å². The van der Waals surface area contributed by atoms with Crippen molar-refractivity contribution < 1.29 is 19.4 Å². The number of nitrogens with two attached hydrogens (primary N) is 1. The van der Waals surface area contributed by atoms with Crippen molar-refractivity contribution >= 4 is 46.0 Å². The normalized spacial score (nSPS) is 18.1. The molecule has 5 N–H and O–H groups in total. The molecule has 2 atom stereocenters. The van der Waals surface area contributed by atoms with Crippen LogP contribution in [0.4, 0.5) is 16.2 Å². The van der Waals surface area contributed by atoms with Gasteiger partial charge in [0.05, 0.1) is 34.0 Å². The van der Waals surface area contributed by atoms with Crippen LogP contribution in [0.5, 0.6) is 0 Å². The van der Waals surface area contributed by atoms with Crippen molar-refractivity contribution in [2.45, 2.75) is 31.9 Å². The zero-order valence-corrected chi connectivity index (χ0v) is 16.4. The molecule has 152 valence electrons. The monoisotopic (exact) mass is 410 g/mol. The summed E-state index contributed by atoms with van der Waals surface area (Å²) in [6.45, 7) is 2.71. The van der Waals surface area contributed by atoms with E-state index in [4.69, 9.17) is 22.2 Å². The molecule has 0 unspecified atom stereocenters. The van der Waals surface area contributed by atoms with E-state index in [-0.39, 0.29) is 11.9 Å². The first-order valence-electron chi connectivity index (χ1n) is 8.84. The van der Waals surface area contributed by atoms with Crippen LogP contribution in [0.1, 0.15) is 19.8 Å². The lowest BCUT2D eigenvalue weighted by atomic mass is 10.0. The summed E-state index contributed by atoms with van der Waals surface area (Å²) < 4.78 is 5.06. The summed E-state index contributed by atoms with van der Waals surface area (Å²) >= 11 is 6.47. The van der Waals surface area contributed by atoms with Gasteiger partial charge in [-0.15, -0.1) is 0 Å². The largest absolute Gasteiger partial charge is 0.464 e. The second-order valence-corrected chi connectivity index (χ2v) is 7.09. The topological polar surface area (TPSA) is 137 Å². The Balaban J connectivity index is 1.98. The quantitative estimate of drug-likeness (QED) is 0.336. The molecule has 0 saturated carbocycles. The van der Waals surface area contributed by atoms with E-state index in [0.717, 1.165) is 11.4 Å². The number of hydrazine groups is 1. The standard InChI is InChI=1S/C17H23ClN6O4/c1-9(28-2)16(25)22-12-7-21-15-13(12)14(11(18)6-20-15)23-5-3-4-10(8-23)24(19)17(26)27/h6-7,9-10H,3-5,8,19H2,1-2H3,(H,20,21)(H,22,25)(H,26,27)/t9-,10+/m0/s1. The number of piperidine rings is 1. The van der Waals surface area contributed by atoms with Gasteiger partial charge < -0.3 is 25.0 Å². The van der Waals surface area contributed by atoms with Gasteiger partial charge in [-0.3, -0.25) is 4.79 Å². The summed E-state index contributed by atoms with van der Waals surface area (Å²) in [5.74, 6) is 5.39. The van der Waals surface area contributed by atoms with Gasteiger partial charge in [0.2, 0.25) is 0 Å². The zero-order chi connectivity index (χ0) is 20.4. The summed E-state index contributed by atoms with van der Waals surface area (Å²) in [6.07, 6.45) is 2.78. The van der Waals surface area contributed by atoms with Crippen molar-refractivity contribution in [2.24, 2.45) is 5.84 Å². The summed E-state index contributed by atoms with van der Waals surface area (Å²) in [5, 5.41) is 13.9. The van der Waals surface area contributed by atoms with Gasteiger partial charge in [0.15, 0.2) is 0 Å². The number of ether oxygens (including phenoxy) is 1. The highest BCUT2D eigenvalue weighted by Gasteiger charge is 2.30. The third kappa shape index (κ3) is 3.84. The molecule has 10 nitrogen and oxygen atoms in total. The maximum absolute atomic E-state index is 12.3. The van der Waals surface area contributed by atoms with E-state index in [1.54, 1.807) is 13.1 Å². The van der Waals surface area contributed by atoms with Crippen LogP contribution >= 0.6 is 11.6 Å². The number of carbonyl (C=O) groups is 2. The van der Waals surface area contributed by atoms with E-state index in [2.05, 4.69) is 15.3 Å². The molecule has 28 heavy (non-hydrogen) atoms. The Kier molecular flexibility index (Phi) is 5.92. The third-order valence-electron chi connectivity index (χ3n) is 4.94. The summed E-state index contributed by atoms with van der Waals surface area (Å²) in [4.78, 5) is 32.8. The zero-order valence-electron chi connectivity index (χ0n) is 15.6. The second-order valence-electron chi connectivity index (χ2n) is 6.68. The molecule has 1 aliphatic rings. The van der Waals surface area contributed by atoms with Gasteiger partial charge >= 0.3 is 6.09 Å². The number of carbonyl (C=O) groups excluding carboxylic acids is 1. The Morgan fingerprint density at radius 3 is 3.00 bits per heavy atom. The second kappa shape index (κ2) is 8.21. The molecular weight excluding hydrogens is 388 g/mol. The number of anilines is 2. The molecule has 0 bridgehead atoms. The van der Waals surface area contributed by atoms with Crippen LogP contribution in [0.25, 0.3) is 11.0 Å². The number of nitrogens with one attached hydrogen (secondary N) is 2. The fourth-order valence-electron chi connectivity index (χ4n) is 3.35. The Morgan fingerprint density at radius 2 is 2.32 bits per heavy atom. The molecule has 2 amide bonds. The molecule has 1 fully saturated rings. The van der Waals surface area contributed by atoms with Crippen molar-refractivity contribution in [3.8, 4) is 0 Å². The third-order valence-corrected chi connectivity index (χ3v) is 5.21. The molecule has 0 aromatic carbocycles. The van der Waals surface area contributed by atoms with E-state index in [1.165, 1.54) is 13.3 Å². The number of nitrogens with zero attached hydrogens (tertiary/aromatic N) is 3. The van der Waals surface area contributed by atoms with E-state index >= 15 is 0 Å². The number of methoxy groups -OCH3 is 1. The molecule has 0 radical (unpaired) electrons. The number of hydrogen-bond donors (Lipinski definition) is 4. The van der Waals surface area contributed by atoms with E-state index in [9.17, 15) is 14.7 Å². The van der Waals surface area contributed by atoms with Crippen LogP contribution < -0.4 is 16.1 Å². The first-order chi connectivity index (χ1) is 13.3. The average Bonchev–Trinajstić information content (AvgIpc) is 3.09. The number of halogens is 1. The molecule has 0 aliphatic carbocycles. The SMILES string of the molecule is CO[C@@H](C)C(=O)Nc1c[nH]c2ncc(Cl)c(N3CCC[C@@H](N(N)C(=O)O)C3)c12. The minimum Gasteiger partial charge on any atom is -0.464 e. The molecule has 3 rings (SSSR count). The number of H-pyrrole nitrogens is 1. The highest BCUT2D eigenvalue weighted by atomic mass is 35.5. The number of aromatic amines is 1. The van der Waals surface area contributed by atoms with Crippen molar-refractivity contribution in [2.75, 3.05) is 30.4 Å². The summed E-state index contributed by atoms with van der Waals surface area (Å²) in [7, 11) is 1.46. The number of aromatic nitrogens is 2. The summed E-state index contributed by atoms with van der Waals surface area (Å²) in [5.41, 5.74) is 1.76. The highest BCUT2D eigenvalue weighted by molar-refractivity contribution is 6.35. The number of fused-ring (bicyclic) bond motifs is 1. The maximum Gasteiger partial charge on any atom is 0.421 e. The molecule has 1 saturated heterocycles. The van der Waals surface area contributed by atoms with Gasteiger partial charge in [-0.05, 0) is 19.8 Å². The fraction of sp³-hybridized carbons (Fsp3) is 0.471. The van der Waals surface area contributed by atoms with E-state index in [0.29, 0.717) is 46.9 Å². The maximum atomic E-state index is 12.3. The van der Waals surface area contributed by atoms with Gasteiger partial charge in [-0.25, -0.2) is 20.6 Å². The predicted molar refractivity (Wildman–Crippen MR) is 105 cm³/mol. The van der Waals surface area contributed by atoms with Gasteiger partial charge in [-0.2, -0.15) is 0 Å². The Bertz CT molecular complexity index is 888. The average molecular weight is 411 g/mol. The molecule has 0 spiro atoms. The van der Waals surface area contributed by atoms with Crippen molar-refractivity contribution in [3.63, 3.8) is 0 Å². The van der Waals surface area contributed by atoms with Crippen LogP contribution in [0.15, 0.2) is 12.4 Å². The van der Waals surface area contributed by atoms with Gasteiger partial charge in [-0.1, -0.05) is 11.6 Å². The van der Waals surface area contributed by atoms with E-state index in [1.807, 2.05) is 4.90 Å². The van der Waals surface area contributed by atoms with Crippen LogP contribution in [0.2, 0.25) is 5.02 Å². The Morgan fingerprint density at radius 1 is 1.57 bits per heavy atom. The lowest BCUT2D eigenvalue weighted by molar-refractivity contribution is -0.124. The highest BCUT2D eigenvalue weighted by Crippen LogP contribution is 2.39. The first kappa shape index (κ1) is 20.2. The van der Waals surface area contributed by atoms with Crippen molar-refractivity contribution in [1.29, 1.82) is 0 Å². The van der Waals surface area contributed by atoms with Crippen molar-refractivity contribution in [1.82, 2.24) is 15.0 Å². The number of hydrogen-bond acceptors (Lipinski definition) is 6. The number of pyridine rings is 1. The van der Waals surface area contributed by atoms with Crippen LogP contribution in [-0.4, -0.2) is 64.4 Å². The minimum atomic E-state index is -1.18. The summed E-state index contributed by atoms with van der Waals surface area (Å²) in [6, 6.07) is -0.365. The van der Waals surface area contributed by atoms with Crippen LogP contribution in [-0.2, 0) is 9.53 Å². The number of rotatable bonds is 5. The van der Waals surface area contributed by atoms with Gasteiger partial charge in [0.25, 0.3) is 5.91 Å². The lowest BCUT2D eigenvalue weighted by Crippen LogP contribution is -2.53. The number of amides is 2. The van der Waals surface area contributed by atoms with Gasteiger partial charge in [0, 0.05) is 26.4 Å². The Labute approximate surface area is 166 Å². The Hall–Kier alpha value is -2.56. The number of carboxylic acid groups (broad SMARTS) is 1. The molecular formula is C17H23ClN6O4. The molecule has 2 aromatic rings. The predicted octanol–water partition coefficient (Wildman–Crippen LogP) is 2.01. The molecule has 1 aliphatic heterocycles. The van der Waals surface area contributed by atoms with Crippen LogP contribution in [0.3, 0.4) is 0 Å². The first-order valence-corrected chi connectivity index (χ1v) is 9.22. The molecule has 2 aromatic heterocycles. The fourth-order valence-corrected chi connectivity index (χ4v) is 3.61. The molecule has 11 heteroatoms. The molecule has 3 heterocycles. The van der Waals surface area contributed by atoms with Crippen molar-refractivity contribution in [3.05, 3.63) is 17.4 Å². The lowest BCUT2D eigenvalue weighted by Gasteiger charge is -2.37. The minimum absolute atomic E-state index is 0.301. The smallest absolute Gasteiger partial charge is 0.421 e. The van der Waals surface area contributed by atoms with Gasteiger partial charge in [0.1, 0.15) is 11.8 Å².